The predicted molar refractivity (Wildman–Crippen MR) is 160 cm³/mol. The average molecular weight is 572 g/mol. The fourth-order valence-corrected chi connectivity index (χ4v) is 4.51. The number of rotatable bonds is 9. The molecule has 0 aliphatic carbocycles. The van der Waals surface area contributed by atoms with Crippen LogP contribution in [0.2, 0.25) is 5.02 Å². The van der Waals surface area contributed by atoms with Crippen molar-refractivity contribution in [1.82, 2.24) is 10.2 Å². The Morgan fingerprint density at radius 1 is 1.10 bits per heavy atom. The molecule has 39 heavy (non-hydrogen) atoms. The summed E-state index contributed by atoms with van der Waals surface area (Å²) in [5.74, 6) is 1.60. The van der Waals surface area contributed by atoms with Gasteiger partial charge in [0.25, 0.3) is 5.91 Å². The van der Waals surface area contributed by atoms with Crippen LogP contribution in [0.4, 0.5) is 10.5 Å². The Balaban J connectivity index is 2.69. The van der Waals surface area contributed by atoms with Gasteiger partial charge in [0.15, 0.2) is 0 Å². The molecule has 0 saturated carbocycles. The van der Waals surface area contributed by atoms with Gasteiger partial charge in [-0.05, 0) is 71.2 Å². The first-order chi connectivity index (χ1) is 18.2. The quantitative estimate of drug-likeness (QED) is 0.249. The minimum absolute atomic E-state index is 0.0247. The average Bonchev–Trinajstić information content (AvgIpc) is 2.86. The largest absolute Gasteiger partial charge is 0.444 e. The molecule has 2 unspecified atom stereocenters. The number of halogens is 1. The molecule has 0 bridgehead atoms. The van der Waals surface area contributed by atoms with E-state index in [2.05, 4.69) is 29.2 Å². The summed E-state index contributed by atoms with van der Waals surface area (Å²) in [7, 11) is 0. The van der Waals surface area contributed by atoms with E-state index < -0.39 is 41.1 Å². The molecule has 2 atom stereocenters. The number of hydrogen-bond acceptors (Lipinski definition) is 5. The smallest absolute Gasteiger partial charge is 0.408 e. The number of aryl methyl sites for hydroxylation is 1. The molecule has 9 heteroatoms. The first-order valence-electron chi connectivity index (χ1n) is 12.7. The minimum atomic E-state index is -1.15. The number of carbonyl (C=O) groups is 3. The van der Waals surface area contributed by atoms with Crippen molar-refractivity contribution in [1.29, 1.82) is 0 Å². The van der Waals surface area contributed by atoms with Gasteiger partial charge in [0.05, 0.1) is 10.7 Å². The van der Waals surface area contributed by atoms with E-state index in [1.807, 2.05) is 33.8 Å². The summed E-state index contributed by atoms with van der Waals surface area (Å²) in [4.78, 5) is 42.5. The number of anilines is 1. The number of ether oxygens (including phenoxy) is 1. The lowest BCUT2D eigenvalue weighted by Crippen LogP contribution is -2.59. The molecule has 0 heterocycles. The summed E-state index contributed by atoms with van der Waals surface area (Å²) in [5.41, 5.74) is 0.511. The van der Waals surface area contributed by atoms with Crippen LogP contribution in [0.1, 0.15) is 70.7 Å². The highest BCUT2D eigenvalue weighted by Crippen LogP contribution is 2.35. The second-order valence-corrected chi connectivity index (χ2v) is 11.6. The van der Waals surface area contributed by atoms with Crippen LogP contribution in [-0.2, 0) is 14.3 Å². The van der Waals surface area contributed by atoms with E-state index in [-0.39, 0.29) is 5.75 Å². The zero-order chi connectivity index (χ0) is 29.5. The van der Waals surface area contributed by atoms with Crippen LogP contribution in [0, 0.1) is 19.3 Å². The number of nitrogens with zero attached hydrogens (tertiary/aromatic N) is 1. The molecule has 2 rings (SSSR count). The summed E-state index contributed by atoms with van der Waals surface area (Å²) >= 11 is 10.8. The van der Waals surface area contributed by atoms with Gasteiger partial charge in [0.2, 0.25) is 5.91 Å². The summed E-state index contributed by atoms with van der Waals surface area (Å²) in [6.07, 6.45) is 5.56. The van der Waals surface area contributed by atoms with Crippen LogP contribution in [0.25, 0.3) is 0 Å². The molecule has 0 spiro atoms. The molecule has 210 valence electrons. The summed E-state index contributed by atoms with van der Waals surface area (Å²) in [5, 5.41) is 5.90. The van der Waals surface area contributed by atoms with Crippen molar-refractivity contribution in [3.05, 3.63) is 64.2 Å². The number of para-hydroxylation sites is 1. The van der Waals surface area contributed by atoms with Crippen LogP contribution < -0.4 is 10.6 Å². The van der Waals surface area contributed by atoms with Crippen LogP contribution in [0.3, 0.4) is 0 Å². The lowest BCUT2D eigenvalue weighted by molar-refractivity contribution is -0.147. The fraction of sp³-hybridized carbons (Fsp3) is 0.433. The standard InChI is InChI=1S/C30H38ClN3O4S/c1-9-20-15-11-12-16-21(20)25(26(35)33-24-19(3)14-13-17-22(24)31)34(30(7,8)10-2)27(36)23(18-39)32-28(37)38-29(4,5)6/h1,11-17,23,25,39H,10,18H2,2-8H3,(H,32,37)(H,33,35). The molecule has 2 aromatic rings. The predicted octanol–water partition coefficient (Wildman–Crippen LogP) is 6.15. The van der Waals surface area contributed by atoms with Gasteiger partial charge < -0.3 is 20.3 Å². The Morgan fingerprint density at radius 2 is 1.74 bits per heavy atom. The molecule has 2 aromatic carbocycles. The van der Waals surface area contributed by atoms with Gasteiger partial charge in [-0.25, -0.2) is 4.79 Å². The number of alkyl carbamates (subject to hydrolysis) is 1. The second kappa shape index (κ2) is 13.3. The Kier molecular flexibility index (Phi) is 10.9. The van der Waals surface area contributed by atoms with Crippen molar-refractivity contribution in [2.75, 3.05) is 11.1 Å². The maximum atomic E-state index is 14.2. The van der Waals surface area contributed by atoms with E-state index in [1.54, 1.807) is 57.2 Å². The van der Waals surface area contributed by atoms with Crippen LogP contribution in [0.15, 0.2) is 42.5 Å². The van der Waals surface area contributed by atoms with Gasteiger partial charge in [0.1, 0.15) is 17.7 Å². The normalized spacial score (nSPS) is 13.0. The Morgan fingerprint density at radius 3 is 2.28 bits per heavy atom. The molecule has 7 nitrogen and oxygen atoms in total. The number of hydrogen-bond donors (Lipinski definition) is 3. The summed E-state index contributed by atoms with van der Waals surface area (Å²) in [6.45, 7) is 12.6. The lowest BCUT2D eigenvalue weighted by atomic mass is 9.90. The Hall–Kier alpha value is -3.15. The summed E-state index contributed by atoms with van der Waals surface area (Å²) < 4.78 is 5.37. The van der Waals surface area contributed by atoms with Gasteiger partial charge in [-0.1, -0.05) is 54.8 Å². The zero-order valence-corrected chi connectivity index (χ0v) is 25.2. The number of terminal acetylenes is 1. The third-order valence-electron chi connectivity index (χ3n) is 6.31. The molecule has 3 amide bonds. The van der Waals surface area contributed by atoms with E-state index >= 15 is 0 Å². The highest BCUT2D eigenvalue weighted by molar-refractivity contribution is 7.80. The van der Waals surface area contributed by atoms with Crippen molar-refractivity contribution < 1.29 is 19.1 Å². The van der Waals surface area contributed by atoms with Crippen LogP contribution >= 0.6 is 24.2 Å². The maximum absolute atomic E-state index is 14.2. The van der Waals surface area contributed by atoms with Gasteiger partial charge in [-0.2, -0.15) is 12.6 Å². The van der Waals surface area contributed by atoms with Crippen molar-refractivity contribution in [2.24, 2.45) is 0 Å². The Labute approximate surface area is 242 Å². The van der Waals surface area contributed by atoms with E-state index in [9.17, 15) is 14.4 Å². The number of carbonyl (C=O) groups excluding carboxylic acids is 3. The fourth-order valence-electron chi connectivity index (χ4n) is 3.99. The highest BCUT2D eigenvalue weighted by atomic mass is 35.5. The molecule has 0 aromatic heterocycles. The SMILES string of the molecule is C#Cc1ccccc1C(C(=O)Nc1c(C)cccc1Cl)N(C(=O)C(CS)NC(=O)OC(C)(C)C)C(C)(C)CC. The van der Waals surface area contributed by atoms with Crippen LogP contribution in [-0.4, -0.2) is 45.7 Å². The van der Waals surface area contributed by atoms with E-state index in [4.69, 9.17) is 22.8 Å². The van der Waals surface area contributed by atoms with Crippen molar-refractivity contribution in [3.8, 4) is 12.3 Å². The number of nitrogens with one attached hydrogen (secondary N) is 2. The first kappa shape index (κ1) is 32.1. The van der Waals surface area contributed by atoms with Crippen molar-refractivity contribution in [2.45, 2.75) is 78.1 Å². The first-order valence-corrected chi connectivity index (χ1v) is 13.7. The zero-order valence-electron chi connectivity index (χ0n) is 23.6. The molecule has 2 N–H and O–H groups in total. The second-order valence-electron chi connectivity index (χ2n) is 10.8. The maximum Gasteiger partial charge on any atom is 0.408 e. The van der Waals surface area contributed by atoms with Gasteiger partial charge >= 0.3 is 6.09 Å². The molecular formula is C30H38ClN3O4S. The summed E-state index contributed by atoms with van der Waals surface area (Å²) in [6, 6.07) is 10.0. The molecule has 0 radical (unpaired) electrons. The van der Waals surface area contributed by atoms with E-state index in [0.29, 0.717) is 28.3 Å². The number of benzene rings is 2. The topological polar surface area (TPSA) is 87.7 Å². The van der Waals surface area contributed by atoms with Gasteiger partial charge in [0, 0.05) is 16.9 Å². The minimum Gasteiger partial charge on any atom is -0.444 e. The number of amides is 3. The third-order valence-corrected chi connectivity index (χ3v) is 6.99. The molecule has 0 saturated heterocycles. The van der Waals surface area contributed by atoms with E-state index in [1.165, 1.54) is 4.90 Å². The number of thiol groups is 1. The van der Waals surface area contributed by atoms with Crippen LogP contribution in [0.5, 0.6) is 0 Å². The molecular weight excluding hydrogens is 534 g/mol. The molecule has 0 aliphatic rings. The lowest BCUT2D eigenvalue weighted by Gasteiger charge is -2.44. The van der Waals surface area contributed by atoms with Crippen molar-refractivity contribution >= 4 is 47.8 Å². The van der Waals surface area contributed by atoms with Gasteiger partial charge in [-0.3, -0.25) is 9.59 Å². The monoisotopic (exact) mass is 571 g/mol. The molecule has 0 fully saturated rings. The Bertz CT molecular complexity index is 1230. The van der Waals surface area contributed by atoms with E-state index in [0.717, 1.165) is 5.56 Å². The van der Waals surface area contributed by atoms with Gasteiger partial charge in [-0.15, -0.1) is 6.42 Å². The molecule has 0 aliphatic heterocycles. The highest BCUT2D eigenvalue weighted by Gasteiger charge is 2.43. The third kappa shape index (κ3) is 8.17. The van der Waals surface area contributed by atoms with Crippen molar-refractivity contribution in [3.63, 3.8) is 0 Å².